The molecule has 0 saturated heterocycles. The van der Waals surface area contributed by atoms with E-state index in [9.17, 15) is 18.0 Å². The zero-order chi connectivity index (χ0) is 30.9. The maximum Gasteiger partial charge on any atom is 0.264 e. The summed E-state index contributed by atoms with van der Waals surface area (Å²) in [4.78, 5) is 28.4. The highest BCUT2D eigenvalue weighted by atomic mass is 35.5. The Balaban J connectivity index is 2.00. The first-order valence-electron chi connectivity index (χ1n) is 13.6. The van der Waals surface area contributed by atoms with Gasteiger partial charge in [-0.2, -0.15) is 0 Å². The van der Waals surface area contributed by atoms with Gasteiger partial charge in [0, 0.05) is 24.2 Å². The van der Waals surface area contributed by atoms with E-state index in [0.29, 0.717) is 23.7 Å². The van der Waals surface area contributed by atoms with Crippen LogP contribution in [0.4, 0.5) is 5.69 Å². The summed E-state index contributed by atoms with van der Waals surface area (Å²) in [6, 6.07) is 19.1. The Morgan fingerprint density at radius 3 is 2.14 bits per heavy atom. The molecule has 226 valence electrons. The zero-order valence-corrected chi connectivity index (χ0v) is 26.1. The second kappa shape index (κ2) is 14.9. The predicted molar refractivity (Wildman–Crippen MR) is 165 cm³/mol. The average molecular weight is 616 g/mol. The fourth-order valence-electron chi connectivity index (χ4n) is 4.26. The van der Waals surface area contributed by atoms with Crippen LogP contribution in [-0.4, -0.2) is 65.0 Å². The van der Waals surface area contributed by atoms with Gasteiger partial charge in [-0.1, -0.05) is 55.8 Å². The molecular formula is C31H38ClN3O6S. The summed E-state index contributed by atoms with van der Waals surface area (Å²) in [6.45, 7) is 5.72. The molecule has 0 fully saturated rings. The summed E-state index contributed by atoms with van der Waals surface area (Å²) in [6.07, 6.45) is 0.484. The van der Waals surface area contributed by atoms with Crippen molar-refractivity contribution in [3.05, 3.63) is 83.4 Å². The Morgan fingerprint density at radius 2 is 1.55 bits per heavy atom. The summed E-state index contributed by atoms with van der Waals surface area (Å²) in [7, 11) is -1.42. The van der Waals surface area contributed by atoms with Gasteiger partial charge in [0.05, 0.1) is 24.8 Å². The molecule has 2 amide bonds. The fourth-order valence-corrected chi connectivity index (χ4v) is 5.82. The topological polar surface area (TPSA) is 105 Å². The summed E-state index contributed by atoms with van der Waals surface area (Å²) in [5.41, 5.74) is 1.22. The van der Waals surface area contributed by atoms with Crippen molar-refractivity contribution in [2.75, 3.05) is 38.2 Å². The second-order valence-corrected chi connectivity index (χ2v) is 12.4. The third kappa shape index (κ3) is 8.39. The van der Waals surface area contributed by atoms with Gasteiger partial charge in [-0.25, -0.2) is 8.42 Å². The van der Waals surface area contributed by atoms with Gasteiger partial charge in [-0.05, 0) is 61.2 Å². The number of sulfonamides is 1. The molecule has 3 aromatic rings. The van der Waals surface area contributed by atoms with Gasteiger partial charge >= 0.3 is 0 Å². The van der Waals surface area contributed by atoms with Crippen molar-refractivity contribution in [2.24, 2.45) is 5.92 Å². The van der Waals surface area contributed by atoms with Crippen LogP contribution >= 0.6 is 11.6 Å². The predicted octanol–water partition coefficient (Wildman–Crippen LogP) is 4.78. The summed E-state index contributed by atoms with van der Waals surface area (Å²) < 4.78 is 39.7. The average Bonchev–Trinajstić information content (AvgIpc) is 2.99. The van der Waals surface area contributed by atoms with E-state index in [0.717, 1.165) is 9.87 Å². The summed E-state index contributed by atoms with van der Waals surface area (Å²) in [5.74, 6) is -0.0375. The van der Waals surface area contributed by atoms with Crippen molar-refractivity contribution in [2.45, 2.75) is 38.1 Å². The molecule has 0 aliphatic carbocycles. The number of carbonyl (C=O) groups excluding carboxylic acids is 2. The minimum atomic E-state index is -4.28. The van der Waals surface area contributed by atoms with E-state index in [1.54, 1.807) is 19.1 Å². The number of amides is 2. The normalized spacial score (nSPS) is 12.0. The quantitative estimate of drug-likeness (QED) is 0.280. The van der Waals surface area contributed by atoms with Crippen LogP contribution in [0.5, 0.6) is 11.5 Å². The maximum atomic E-state index is 14.1. The van der Waals surface area contributed by atoms with Crippen molar-refractivity contribution in [3.63, 3.8) is 0 Å². The van der Waals surface area contributed by atoms with Crippen molar-refractivity contribution in [3.8, 4) is 11.5 Å². The number of rotatable bonds is 14. The number of halogens is 1. The van der Waals surface area contributed by atoms with Crippen LogP contribution in [-0.2, 0) is 26.0 Å². The van der Waals surface area contributed by atoms with Gasteiger partial charge < -0.3 is 19.7 Å². The Hall–Kier alpha value is -3.76. The molecule has 0 unspecified atom stereocenters. The molecule has 0 bridgehead atoms. The largest absolute Gasteiger partial charge is 0.493 e. The Kier molecular flexibility index (Phi) is 11.6. The van der Waals surface area contributed by atoms with Crippen LogP contribution in [0.1, 0.15) is 26.3 Å². The van der Waals surface area contributed by atoms with Crippen LogP contribution in [0, 0.1) is 5.92 Å². The van der Waals surface area contributed by atoms with E-state index >= 15 is 0 Å². The van der Waals surface area contributed by atoms with Crippen LogP contribution < -0.4 is 19.1 Å². The highest BCUT2D eigenvalue weighted by Gasteiger charge is 2.33. The molecule has 0 spiro atoms. The molecule has 0 aliphatic heterocycles. The van der Waals surface area contributed by atoms with E-state index in [1.165, 1.54) is 49.5 Å². The van der Waals surface area contributed by atoms with Gasteiger partial charge in [-0.3, -0.25) is 13.9 Å². The molecule has 11 heteroatoms. The first-order chi connectivity index (χ1) is 20.0. The number of benzene rings is 3. The lowest BCUT2D eigenvalue weighted by atomic mass is 10.1. The van der Waals surface area contributed by atoms with Crippen LogP contribution in [0.3, 0.4) is 0 Å². The maximum absolute atomic E-state index is 14.1. The van der Waals surface area contributed by atoms with Crippen molar-refractivity contribution < 1.29 is 27.5 Å². The van der Waals surface area contributed by atoms with Crippen LogP contribution in [0.25, 0.3) is 0 Å². The Morgan fingerprint density at radius 1 is 0.905 bits per heavy atom. The molecule has 0 heterocycles. The van der Waals surface area contributed by atoms with Crippen molar-refractivity contribution in [1.82, 2.24) is 10.2 Å². The van der Waals surface area contributed by atoms with E-state index in [1.807, 2.05) is 44.2 Å². The van der Waals surface area contributed by atoms with E-state index in [-0.39, 0.29) is 34.7 Å². The zero-order valence-electron chi connectivity index (χ0n) is 24.5. The first kappa shape index (κ1) is 32.8. The fraction of sp³-hybridized carbons (Fsp3) is 0.355. The summed E-state index contributed by atoms with van der Waals surface area (Å²) >= 11 is 6.09. The Bertz CT molecular complexity index is 1450. The number of ether oxygens (including phenoxy) is 2. The number of hydrogen-bond acceptors (Lipinski definition) is 6. The SMILES string of the molecule is COc1ccc(S(=O)(=O)N(CC(=O)N(CCc2ccccc2)[C@@H](C)C(=O)NCC(C)C)c2ccc(Cl)cc2)cc1OC. The van der Waals surface area contributed by atoms with Gasteiger partial charge in [0.15, 0.2) is 11.5 Å². The molecular weight excluding hydrogens is 578 g/mol. The molecule has 9 nitrogen and oxygen atoms in total. The lowest BCUT2D eigenvalue weighted by Gasteiger charge is -2.32. The van der Waals surface area contributed by atoms with Crippen LogP contribution in [0.2, 0.25) is 5.02 Å². The molecule has 0 aliphatic rings. The third-order valence-electron chi connectivity index (χ3n) is 6.67. The van der Waals surface area contributed by atoms with Crippen molar-refractivity contribution >= 4 is 39.1 Å². The minimum Gasteiger partial charge on any atom is -0.493 e. The molecule has 0 aromatic heterocycles. The number of nitrogens with one attached hydrogen (secondary N) is 1. The lowest BCUT2D eigenvalue weighted by Crippen LogP contribution is -2.52. The Labute approximate surface area is 253 Å². The minimum absolute atomic E-state index is 0.0959. The van der Waals surface area contributed by atoms with Gasteiger partial charge in [0.1, 0.15) is 12.6 Å². The number of anilines is 1. The highest BCUT2D eigenvalue weighted by Crippen LogP contribution is 2.32. The second-order valence-electron chi connectivity index (χ2n) is 10.1. The monoisotopic (exact) mass is 615 g/mol. The number of hydrogen-bond donors (Lipinski definition) is 1. The number of methoxy groups -OCH3 is 2. The molecule has 0 radical (unpaired) electrons. The molecule has 1 N–H and O–H groups in total. The third-order valence-corrected chi connectivity index (χ3v) is 8.69. The van der Waals surface area contributed by atoms with Gasteiger partial charge in [0.2, 0.25) is 11.8 Å². The first-order valence-corrected chi connectivity index (χ1v) is 15.4. The highest BCUT2D eigenvalue weighted by molar-refractivity contribution is 7.92. The molecule has 3 rings (SSSR count). The molecule has 3 aromatic carbocycles. The van der Waals surface area contributed by atoms with E-state index in [2.05, 4.69) is 5.32 Å². The lowest BCUT2D eigenvalue weighted by molar-refractivity contribution is -0.138. The van der Waals surface area contributed by atoms with Crippen molar-refractivity contribution in [1.29, 1.82) is 0 Å². The molecule has 0 saturated carbocycles. The van der Waals surface area contributed by atoms with E-state index in [4.69, 9.17) is 21.1 Å². The number of nitrogens with zero attached hydrogens (tertiary/aromatic N) is 2. The van der Waals surface area contributed by atoms with E-state index < -0.39 is 28.5 Å². The smallest absolute Gasteiger partial charge is 0.264 e. The molecule has 42 heavy (non-hydrogen) atoms. The van der Waals surface area contributed by atoms with Gasteiger partial charge in [-0.15, -0.1) is 0 Å². The van der Waals surface area contributed by atoms with Gasteiger partial charge in [0.25, 0.3) is 10.0 Å². The standard InChI is InChI=1S/C31H38ClN3O6S/c1-22(2)20-33-31(37)23(3)34(18-17-24-9-7-6-8-10-24)30(36)21-35(26-13-11-25(32)12-14-26)42(38,39)27-15-16-28(40-4)29(19-27)41-5/h6-16,19,22-23H,17-18,20-21H2,1-5H3,(H,33,37)/t23-/m0/s1. The summed E-state index contributed by atoms with van der Waals surface area (Å²) in [5, 5.41) is 3.29. The number of carbonyl (C=O) groups is 2. The molecule has 1 atom stereocenters. The van der Waals surface area contributed by atoms with Crippen LogP contribution in [0.15, 0.2) is 77.7 Å².